The van der Waals surface area contributed by atoms with Crippen LogP contribution in [0.15, 0.2) is 36.5 Å². The van der Waals surface area contributed by atoms with Crippen molar-refractivity contribution in [3.8, 4) is 5.75 Å². The van der Waals surface area contributed by atoms with E-state index < -0.39 is 0 Å². The molecule has 1 heterocycles. The zero-order valence-corrected chi connectivity index (χ0v) is 14.2. The van der Waals surface area contributed by atoms with Crippen LogP contribution in [0.5, 0.6) is 5.75 Å². The molecule has 1 amide bonds. The third-order valence-corrected chi connectivity index (χ3v) is 3.40. The summed E-state index contributed by atoms with van der Waals surface area (Å²) in [4.78, 5) is 13.9. The first-order valence-corrected chi connectivity index (χ1v) is 7.86. The van der Waals surface area contributed by atoms with Gasteiger partial charge in [-0.2, -0.15) is 5.10 Å². The third kappa shape index (κ3) is 5.34. The standard InChI is InChI=1S/C17H23FN4O2/c1-13(2)22-16(8-9-19-22)20-17(23)12-21(3)10-11-24-15-6-4-14(18)5-7-15/h4-9,13H,10-12H2,1-3H3,(H,20,23). The van der Waals surface area contributed by atoms with Crippen LogP contribution in [0.25, 0.3) is 0 Å². The molecule has 1 aromatic heterocycles. The Morgan fingerprint density at radius 2 is 2.04 bits per heavy atom. The van der Waals surface area contributed by atoms with E-state index in [9.17, 15) is 9.18 Å². The van der Waals surface area contributed by atoms with Crippen LogP contribution in [0.1, 0.15) is 19.9 Å². The molecule has 0 saturated carbocycles. The van der Waals surface area contributed by atoms with E-state index in [1.54, 1.807) is 29.1 Å². The van der Waals surface area contributed by atoms with Crippen LogP contribution in [0, 0.1) is 5.82 Å². The van der Waals surface area contributed by atoms with E-state index in [1.807, 2.05) is 25.8 Å². The second-order valence-corrected chi connectivity index (χ2v) is 5.84. The van der Waals surface area contributed by atoms with E-state index in [-0.39, 0.29) is 24.3 Å². The molecule has 0 fully saturated rings. The minimum Gasteiger partial charge on any atom is -0.492 e. The first kappa shape index (κ1) is 17.9. The van der Waals surface area contributed by atoms with Crippen LogP contribution in [0.2, 0.25) is 0 Å². The van der Waals surface area contributed by atoms with Crippen LogP contribution >= 0.6 is 0 Å². The highest BCUT2D eigenvalue weighted by Gasteiger charge is 2.11. The van der Waals surface area contributed by atoms with Gasteiger partial charge in [-0.15, -0.1) is 0 Å². The van der Waals surface area contributed by atoms with Gasteiger partial charge in [-0.25, -0.2) is 9.07 Å². The molecule has 6 nitrogen and oxygen atoms in total. The molecule has 0 aliphatic rings. The number of likely N-dealkylation sites (N-methyl/N-ethyl adjacent to an activating group) is 1. The van der Waals surface area contributed by atoms with Gasteiger partial charge < -0.3 is 10.1 Å². The van der Waals surface area contributed by atoms with Crippen LogP contribution in [-0.4, -0.2) is 47.3 Å². The number of anilines is 1. The Kier molecular flexibility index (Phi) is 6.31. The number of carbonyl (C=O) groups is 1. The Balaban J connectivity index is 1.73. The lowest BCUT2D eigenvalue weighted by atomic mass is 10.3. The monoisotopic (exact) mass is 334 g/mol. The molecule has 24 heavy (non-hydrogen) atoms. The Labute approximate surface area is 141 Å². The van der Waals surface area contributed by atoms with E-state index in [1.165, 1.54) is 12.1 Å². The summed E-state index contributed by atoms with van der Waals surface area (Å²) in [5.74, 6) is 0.888. The number of aromatic nitrogens is 2. The highest BCUT2D eigenvalue weighted by atomic mass is 19.1. The van der Waals surface area contributed by atoms with Crippen LogP contribution in [0.3, 0.4) is 0 Å². The summed E-state index contributed by atoms with van der Waals surface area (Å²) in [5.41, 5.74) is 0. The molecule has 130 valence electrons. The molecular formula is C17H23FN4O2. The van der Waals surface area contributed by atoms with Crippen molar-refractivity contribution in [1.29, 1.82) is 0 Å². The number of rotatable bonds is 8. The van der Waals surface area contributed by atoms with Gasteiger partial charge in [0.05, 0.1) is 12.7 Å². The maximum absolute atomic E-state index is 12.8. The molecule has 0 aliphatic heterocycles. The van der Waals surface area contributed by atoms with Crippen molar-refractivity contribution in [3.63, 3.8) is 0 Å². The lowest BCUT2D eigenvalue weighted by Crippen LogP contribution is -2.33. The van der Waals surface area contributed by atoms with E-state index >= 15 is 0 Å². The Morgan fingerprint density at radius 3 is 2.71 bits per heavy atom. The second-order valence-electron chi connectivity index (χ2n) is 5.84. The lowest BCUT2D eigenvalue weighted by molar-refractivity contribution is -0.117. The zero-order valence-electron chi connectivity index (χ0n) is 14.2. The molecule has 0 unspecified atom stereocenters. The minimum atomic E-state index is -0.295. The molecule has 0 radical (unpaired) electrons. The molecule has 2 aromatic rings. The van der Waals surface area contributed by atoms with Crippen molar-refractivity contribution >= 4 is 11.7 Å². The Bertz CT molecular complexity index is 655. The number of halogens is 1. The van der Waals surface area contributed by atoms with E-state index in [0.717, 1.165) is 0 Å². The maximum Gasteiger partial charge on any atom is 0.239 e. The predicted molar refractivity (Wildman–Crippen MR) is 90.6 cm³/mol. The van der Waals surface area contributed by atoms with Crippen molar-refractivity contribution < 1.29 is 13.9 Å². The molecule has 1 N–H and O–H groups in total. The smallest absolute Gasteiger partial charge is 0.239 e. The molecule has 2 rings (SSSR count). The number of ether oxygens (including phenoxy) is 1. The van der Waals surface area contributed by atoms with Crippen molar-refractivity contribution in [2.45, 2.75) is 19.9 Å². The van der Waals surface area contributed by atoms with Gasteiger partial charge in [0.2, 0.25) is 5.91 Å². The van der Waals surface area contributed by atoms with Crippen molar-refractivity contribution in [3.05, 3.63) is 42.3 Å². The summed E-state index contributed by atoms with van der Waals surface area (Å²) < 4.78 is 20.1. The van der Waals surface area contributed by atoms with Gasteiger partial charge in [0, 0.05) is 18.7 Å². The van der Waals surface area contributed by atoms with Crippen molar-refractivity contribution in [2.24, 2.45) is 0 Å². The largest absolute Gasteiger partial charge is 0.492 e. The number of amides is 1. The molecule has 0 spiro atoms. The van der Waals surface area contributed by atoms with E-state index in [2.05, 4.69) is 10.4 Å². The number of nitrogens with zero attached hydrogens (tertiary/aromatic N) is 3. The fraction of sp³-hybridized carbons (Fsp3) is 0.412. The topological polar surface area (TPSA) is 59.4 Å². The van der Waals surface area contributed by atoms with E-state index in [0.29, 0.717) is 24.7 Å². The van der Waals surface area contributed by atoms with Gasteiger partial charge in [0.1, 0.15) is 24.0 Å². The number of benzene rings is 1. The summed E-state index contributed by atoms with van der Waals surface area (Å²) >= 11 is 0. The van der Waals surface area contributed by atoms with Crippen LogP contribution < -0.4 is 10.1 Å². The van der Waals surface area contributed by atoms with Gasteiger partial charge in [-0.05, 0) is 45.2 Å². The zero-order chi connectivity index (χ0) is 17.5. The summed E-state index contributed by atoms with van der Waals surface area (Å²) in [5, 5.41) is 7.03. The molecule has 0 saturated heterocycles. The molecule has 0 aliphatic carbocycles. The third-order valence-electron chi connectivity index (χ3n) is 3.40. The van der Waals surface area contributed by atoms with Gasteiger partial charge in [-0.1, -0.05) is 0 Å². The fourth-order valence-corrected chi connectivity index (χ4v) is 2.18. The second kappa shape index (κ2) is 8.44. The summed E-state index contributed by atoms with van der Waals surface area (Å²) in [6.07, 6.45) is 1.66. The number of carbonyl (C=O) groups excluding carboxylic acids is 1. The maximum atomic E-state index is 12.8. The molecule has 1 aromatic carbocycles. The van der Waals surface area contributed by atoms with Crippen molar-refractivity contribution in [2.75, 3.05) is 32.1 Å². The average Bonchev–Trinajstić information content (AvgIpc) is 2.97. The predicted octanol–water partition coefficient (Wildman–Crippen LogP) is 2.55. The van der Waals surface area contributed by atoms with Crippen LogP contribution in [0.4, 0.5) is 10.2 Å². The molecule has 7 heteroatoms. The summed E-state index contributed by atoms with van der Waals surface area (Å²) in [7, 11) is 1.84. The summed E-state index contributed by atoms with van der Waals surface area (Å²) in [6.45, 7) is 5.24. The first-order chi connectivity index (χ1) is 11.5. The molecule has 0 atom stereocenters. The number of hydrogen-bond acceptors (Lipinski definition) is 4. The van der Waals surface area contributed by atoms with Gasteiger partial charge in [-0.3, -0.25) is 9.69 Å². The van der Waals surface area contributed by atoms with Crippen LogP contribution in [-0.2, 0) is 4.79 Å². The highest BCUT2D eigenvalue weighted by Crippen LogP contribution is 2.13. The SMILES string of the molecule is CC(C)n1nccc1NC(=O)CN(C)CCOc1ccc(F)cc1. The molecular weight excluding hydrogens is 311 g/mol. The quantitative estimate of drug-likeness (QED) is 0.806. The lowest BCUT2D eigenvalue weighted by Gasteiger charge is -2.17. The normalized spacial score (nSPS) is 11.1. The van der Waals surface area contributed by atoms with Crippen molar-refractivity contribution in [1.82, 2.24) is 14.7 Å². The Hall–Kier alpha value is -2.41. The number of nitrogens with one attached hydrogen (secondary N) is 1. The Morgan fingerprint density at radius 1 is 1.33 bits per heavy atom. The fourth-order valence-electron chi connectivity index (χ4n) is 2.18. The first-order valence-electron chi connectivity index (χ1n) is 7.86. The number of hydrogen-bond donors (Lipinski definition) is 1. The highest BCUT2D eigenvalue weighted by molar-refractivity contribution is 5.91. The van der Waals surface area contributed by atoms with Gasteiger partial charge in [0.25, 0.3) is 0 Å². The van der Waals surface area contributed by atoms with Gasteiger partial charge in [0.15, 0.2) is 0 Å². The van der Waals surface area contributed by atoms with Gasteiger partial charge >= 0.3 is 0 Å². The average molecular weight is 334 g/mol. The minimum absolute atomic E-state index is 0.110. The van der Waals surface area contributed by atoms with E-state index in [4.69, 9.17) is 4.74 Å². The molecule has 0 bridgehead atoms. The summed E-state index contributed by atoms with van der Waals surface area (Å²) in [6, 6.07) is 7.81.